The molecule has 2 saturated carbocycles. The quantitative estimate of drug-likeness (QED) is 0.0945. The number of alkyl halides is 5. The number of hydrogen-bond donors (Lipinski definition) is 2. The lowest BCUT2D eigenvalue weighted by molar-refractivity contribution is -0.277. The number of imidazole rings is 1. The van der Waals surface area contributed by atoms with E-state index in [9.17, 15) is 31.0 Å². The van der Waals surface area contributed by atoms with Crippen LogP contribution >= 0.6 is 0 Å². The van der Waals surface area contributed by atoms with Crippen LogP contribution in [-0.2, 0) is 36.7 Å². The van der Waals surface area contributed by atoms with Crippen LogP contribution in [0.4, 0.5) is 22.0 Å². The molecule has 2 aliphatic carbocycles. The molecule has 0 aliphatic heterocycles. The first kappa shape index (κ1) is 40.8. The van der Waals surface area contributed by atoms with Gasteiger partial charge in [0.05, 0.1) is 51.5 Å². The average molecular weight is 753 g/mol. The van der Waals surface area contributed by atoms with Crippen molar-refractivity contribution < 1.29 is 45.2 Å². The second kappa shape index (κ2) is 14.8. The standard InChI is InChI=1S/C34H53F5N4O5SSi/c1-20(48-32(5,6)34(37,38)39)28(42-49(45)31(2,3)4)30-41-25-16-21(10-13-26(25)43(30)19-46-14-15-50(7,8)9)23(18-47-22-11-12-22)27(29(40)44)24-17-33(24,35)36/h10,13,16,20,22-24,27-28,42H,11-12,14-15,17-19H2,1-9H3,(H2,40,44)/t20-,23-,24+,27?,28+,49-/m1/s1. The number of carbonyl (C=O) groups excluding carboxylic acids is 1. The molecular weight excluding hydrogens is 700 g/mol. The predicted molar refractivity (Wildman–Crippen MR) is 186 cm³/mol. The number of halogens is 5. The minimum atomic E-state index is -4.70. The van der Waals surface area contributed by atoms with Gasteiger partial charge in [-0.05, 0) is 78.1 Å². The van der Waals surface area contributed by atoms with E-state index in [0.29, 0.717) is 23.2 Å². The molecule has 3 N–H and O–H groups in total. The van der Waals surface area contributed by atoms with Crippen LogP contribution in [0.5, 0.6) is 0 Å². The third kappa shape index (κ3) is 10.1. The number of fused-ring (bicyclic) bond motifs is 1. The van der Waals surface area contributed by atoms with E-state index in [2.05, 4.69) is 24.4 Å². The summed E-state index contributed by atoms with van der Waals surface area (Å²) in [6.45, 7) is 15.6. The second-order valence-corrected chi connectivity index (χ2v) is 24.1. The van der Waals surface area contributed by atoms with Gasteiger partial charge in [-0.25, -0.2) is 22.7 Å². The molecule has 1 aromatic heterocycles. The zero-order valence-corrected chi connectivity index (χ0v) is 32.3. The van der Waals surface area contributed by atoms with Gasteiger partial charge in [0, 0.05) is 32.9 Å². The average Bonchev–Trinajstić information content (AvgIpc) is 3.86. The van der Waals surface area contributed by atoms with Gasteiger partial charge in [0.25, 0.3) is 5.92 Å². The SMILES string of the molecule is C[C@@H](OC(C)(C)C(F)(F)F)[C@H](N[S@](=O)C(C)(C)C)c1nc2cc([C@@H](COC3CC3)C(C(N)=O)[C@@H]3CC3(F)F)ccc2n1COCC[Si](C)(C)C. The van der Waals surface area contributed by atoms with Gasteiger partial charge in [0.2, 0.25) is 5.91 Å². The highest BCUT2D eigenvalue weighted by atomic mass is 32.2. The lowest BCUT2D eigenvalue weighted by atomic mass is 9.82. The molecule has 0 spiro atoms. The fourth-order valence-electron chi connectivity index (χ4n) is 5.74. The molecule has 50 heavy (non-hydrogen) atoms. The van der Waals surface area contributed by atoms with E-state index in [4.69, 9.17) is 24.9 Å². The zero-order valence-electron chi connectivity index (χ0n) is 30.5. The molecule has 1 aromatic carbocycles. The van der Waals surface area contributed by atoms with Crippen molar-refractivity contribution in [2.75, 3.05) is 13.2 Å². The molecule has 0 radical (unpaired) electrons. The van der Waals surface area contributed by atoms with E-state index >= 15 is 0 Å². The van der Waals surface area contributed by atoms with Gasteiger partial charge in [-0.1, -0.05) is 25.7 Å². The van der Waals surface area contributed by atoms with Gasteiger partial charge in [0.15, 0.2) is 5.60 Å². The van der Waals surface area contributed by atoms with Crippen LogP contribution in [0.3, 0.4) is 0 Å². The third-order valence-corrected chi connectivity index (χ3v) is 12.5. The molecule has 2 aromatic rings. The largest absolute Gasteiger partial charge is 0.416 e. The van der Waals surface area contributed by atoms with E-state index in [-0.39, 0.29) is 25.3 Å². The molecule has 6 atom stereocenters. The molecule has 1 heterocycles. The monoisotopic (exact) mass is 752 g/mol. The summed E-state index contributed by atoms with van der Waals surface area (Å²) < 4.78 is 106. The molecule has 1 amide bonds. The van der Waals surface area contributed by atoms with E-state index in [1.54, 1.807) is 43.5 Å². The maximum Gasteiger partial charge on any atom is 0.416 e. The van der Waals surface area contributed by atoms with Crippen LogP contribution in [0.15, 0.2) is 18.2 Å². The third-order valence-electron chi connectivity index (χ3n) is 9.25. The number of amides is 1. The molecule has 284 valence electrons. The normalized spacial score (nSPS) is 21.5. The fraction of sp³-hybridized carbons (Fsp3) is 0.765. The molecule has 1 unspecified atom stereocenters. The second-order valence-electron chi connectivity index (χ2n) is 16.4. The summed E-state index contributed by atoms with van der Waals surface area (Å²) in [6.07, 6.45) is -4.66. The maximum atomic E-state index is 14.4. The first-order valence-corrected chi connectivity index (χ1v) is 22.0. The Morgan fingerprint density at radius 3 is 2.28 bits per heavy atom. The van der Waals surface area contributed by atoms with Gasteiger partial charge in [-0.15, -0.1) is 0 Å². The number of nitrogens with zero attached hydrogens (tertiary/aromatic N) is 2. The molecular formula is C34H53F5N4O5SSi. The predicted octanol–water partition coefficient (Wildman–Crippen LogP) is 7.21. The topological polar surface area (TPSA) is 118 Å². The Morgan fingerprint density at radius 2 is 1.78 bits per heavy atom. The fourth-order valence-corrected chi connectivity index (χ4v) is 7.37. The first-order valence-electron chi connectivity index (χ1n) is 17.1. The van der Waals surface area contributed by atoms with Crippen LogP contribution in [0.25, 0.3) is 11.0 Å². The Hall–Kier alpha value is -1.98. The molecule has 9 nitrogen and oxygen atoms in total. The Kier molecular flexibility index (Phi) is 12.1. The van der Waals surface area contributed by atoms with Gasteiger partial charge >= 0.3 is 6.18 Å². The number of carbonyl (C=O) groups is 1. The van der Waals surface area contributed by atoms with Crippen molar-refractivity contribution in [1.29, 1.82) is 0 Å². The van der Waals surface area contributed by atoms with Gasteiger partial charge < -0.3 is 24.5 Å². The molecule has 2 fully saturated rings. The Balaban J connectivity index is 1.83. The Labute approximate surface area is 295 Å². The van der Waals surface area contributed by atoms with Crippen molar-refractivity contribution in [2.45, 2.75) is 140 Å². The van der Waals surface area contributed by atoms with Crippen molar-refractivity contribution in [3.8, 4) is 0 Å². The molecule has 2 aliphatic rings. The van der Waals surface area contributed by atoms with Crippen molar-refractivity contribution in [3.05, 3.63) is 29.6 Å². The maximum absolute atomic E-state index is 14.4. The lowest BCUT2D eigenvalue weighted by Crippen LogP contribution is -2.48. The summed E-state index contributed by atoms with van der Waals surface area (Å²) >= 11 is 0. The van der Waals surface area contributed by atoms with Gasteiger partial charge in [0.1, 0.15) is 18.6 Å². The number of nitrogens with two attached hydrogens (primary N) is 1. The van der Waals surface area contributed by atoms with Crippen molar-refractivity contribution in [3.63, 3.8) is 0 Å². The van der Waals surface area contributed by atoms with E-state index < -0.39 is 83.7 Å². The van der Waals surface area contributed by atoms with Crippen LogP contribution in [0, 0.1) is 11.8 Å². The highest BCUT2D eigenvalue weighted by molar-refractivity contribution is 7.84. The molecule has 16 heteroatoms. The summed E-state index contributed by atoms with van der Waals surface area (Å²) in [4.78, 5) is 17.5. The van der Waals surface area contributed by atoms with E-state index in [0.717, 1.165) is 32.7 Å². The number of rotatable bonds is 18. The Bertz CT molecular complexity index is 1540. The number of primary amides is 1. The molecule has 0 saturated heterocycles. The van der Waals surface area contributed by atoms with Crippen molar-refractivity contribution >= 4 is 36.0 Å². The van der Waals surface area contributed by atoms with Crippen LogP contribution < -0.4 is 10.5 Å². The number of hydrogen-bond acceptors (Lipinski definition) is 6. The smallest absolute Gasteiger partial charge is 0.378 e. The van der Waals surface area contributed by atoms with Gasteiger partial charge in [-0.3, -0.25) is 4.79 Å². The van der Waals surface area contributed by atoms with Gasteiger partial charge in [-0.2, -0.15) is 13.2 Å². The minimum absolute atomic E-state index is 0.00783. The number of nitrogens with one attached hydrogen (secondary N) is 1. The summed E-state index contributed by atoms with van der Waals surface area (Å²) in [5.41, 5.74) is 4.64. The zero-order chi connectivity index (χ0) is 37.6. The van der Waals surface area contributed by atoms with Crippen LogP contribution in [-0.4, -0.2) is 75.6 Å². The molecule has 4 rings (SSSR count). The summed E-state index contributed by atoms with van der Waals surface area (Å²) in [7, 11) is -3.23. The van der Waals surface area contributed by atoms with Crippen molar-refractivity contribution in [1.82, 2.24) is 14.3 Å². The van der Waals surface area contributed by atoms with Crippen LogP contribution in [0.1, 0.15) is 84.2 Å². The summed E-state index contributed by atoms with van der Waals surface area (Å²) in [5, 5.41) is 0. The highest BCUT2D eigenvalue weighted by Crippen LogP contribution is 2.56. The summed E-state index contributed by atoms with van der Waals surface area (Å²) in [5.74, 6) is -6.81. The van der Waals surface area contributed by atoms with E-state index in [1.807, 2.05) is 0 Å². The number of ether oxygens (including phenoxy) is 3. The number of benzene rings is 1. The van der Waals surface area contributed by atoms with E-state index in [1.165, 1.54) is 6.92 Å². The number of aromatic nitrogens is 2. The first-order chi connectivity index (χ1) is 22.8. The Morgan fingerprint density at radius 1 is 1.16 bits per heavy atom. The lowest BCUT2D eigenvalue weighted by Gasteiger charge is -2.35. The summed E-state index contributed by atoms with van der Waals surface area (Å²) in [6, 6.07) is 4.87. The van der Waals surface area contributed by atoms with Crippen molar-refractivity contribution in [2.24, 2.45) is 17.6 Å². The molecule has 0 bridgehead atoms. The minimum Gasteiger partial charge on any atom is -0.378 e. The highest BCUT2D eigenvalue weighted by Gasteiger charge is 2.63. The van der Waals surface area contributed by atoms with Crippen LogP contribution in [0.2, 0.25) is 25.7 Å².